The Bertz CT molecular complexity index is 320. The zero-order valence-corrected chi connectivity index (χ0v) is 9.59. The lowest BCUT2D eigenvalue weighted by Crippen LogP contribution is -2.36. The van der Waals surface area contributed by atoms with Gasteiger partial charge in [0.15, 0.2) is 0 Å². The molecule has 1 aliphatic rings. The van der Waals surface area contributed by atoms with Crippen LogP contribution in [0.15, 0.2) is 18.3 Å². The van der Waals surface area contributed by atoms with Gasteiger partial charge in [-0.2, -0.15) is 0 Å². The van der Waals surface area contributed by atoms with Gasteiger partial charge >= 0.3 is 0 Å². The van der Waals surface area contributed by atoms with Crippen molar-refractivity contribution >= 4 is 5.82 Å². The molecule has 1 saturated heterocycles. The van der Waals surface area contributed by atoms with E-state index in [0.717, 1.165) is 44.1 Å². The van der Waals surface area contributed by atoms with Crippen LogP contribution in [0.2, 0.25) is 0 Å². The Kier molecular flexibility index (Phi) is 3.74. The summed E-state index contributed by atoms with van der Waals surface area (Å²) in [6.07, 6.45) is 2.09. The Morgan fingerprint density at radius 3 is 2.75 bits per heavy atom. The molecule has 0 saturated carbocycles. The maximum Gasteiger partial charge on any atom is 0.128 e. The topological polar surface area (TPSA) is 45.6 Å². The fourth-order valence-corrected chi connectivity index (χ4v) is 1.81. The highest BCUT2D eigenvalue weighted by Crippen LogP contribution is 2.18. The van der Waals surface area contributed by atoms with Gasteiger partial charge in [0, 0.05) is 19.3 Å². The summed E-state index contributed by atoms with van der Waals surface area (Å²) in [7, 11) is 0. The number of hydrogen-bond acceptors (Lipinski definition) is 4. The molecular weight excluding hydrogens is 204 g/mol. The fraction of sp³-hybridized carbons (Fsp3) is 0.583. The first-order valence-corrected chi connectivity index (χ1v) is 5.78. The van der Waals surface area contributed by atoms with Gasteiger partial charge in [-0.05, 0) is 18.1 Å². The molecule has 1 fully saturated rings. The van der Waals surface area contributed by atoms with Crippen molar-refractivity contribution in [2.24, 2.45) is 0 Å². The highest BCUT2D eigenvalue weighted by molar-refractivity contribution is 5.39. The number of pyridine rings is 1. The van der Waals surface area contributed by atoms with Gasteiger partial charge in [0.2, 0.25) is 0 Å². The first-order chi connectivity index (χ1) is 7.81. The molecule has 1 aliphatic heterocycles. The summed E-state index contributed by atoms with van der Waals surface area (Å²) in [6, 6.07) is 3.92. The van der Waals surface area contributed by atoms with E-state index in [0.29, 0.717) is 0 Å². The summed E-state index contributed by atoms with van der Waals surface area (Å²) in [6.45, 7) is 5.27. The first-order valence-electron chi connectivity index (χ1n) is 5.78. The lowest BCUT2D eigenvalue weighted by molar-refractivity contribution is 0.122. The zero-order valence-electron chi connectivity index (χ0n) is 9.59. The van der Waals surface area contributed by atoms with Crippen LogP contribution < -0.4 is 4.90 Å². The molecule has 88 valence electrons. The molecule has 1 aromatic heterocycles. The van der Waals surface area contributed by atoms with E-state index in [2.05, 4.69) is 9.88 Å². The molecule has 1 aromatic rings. The summed E-state index contributed by atoms with van der Waals surface area (Å²) < 4.78 is 5.29. The first kappa shape index (κ1) is 11.4. The lowest BCUT2D eigenvalue weighted by atomic mass is 10.1. The Morgan fingerprint density at radius 2 is 2.19 bits per heavy atom. The molecule has 1 N–H and O–H groups in total. The van der Waals surface area contributed by atoms with Gasteiger partial charge in [0.05, 0.1) is 19.3 Å². The van der Waals surface area contributed by atoms with Crippen molar-refractivity contribution in [2.75, 3.05) is 31.2 Å². The van der Waals surface area contributed by atoms with E-state index in [1.807, 2.05) is 19.1 Å². The van der Waals surface area contributed by atoms with Gasteiger partial charge in [-0.1, -0.05) is 13.0 Å². The number of hydrogen-bond donors (Lipinski definition) is 1. The minimum Gasteiger partial charge on any atom is -0.388 e. The summed E-state index contributed by atoms with van der Waals surface area (Å²) >= 11 is 0. The predicted octanol–water partition coefficient (Wildman–Crippen LogP) is 1.36. The van der Waals surface area contributed by atoms with Crippen molar-refractivity contribution in [3.8, 4) is 0 Å². The average molecular weight is 222 g/mol. The lowest BCUT2D eigenvalue weighted by Gasteiger charge is -2.27. The van der Waals surface area contributed by atoms with Crippen molar-refractivity contribution in [1.29, 1.82) is 0 Å². The van der Waals surface area contributed by atoms with Gasteiger partial charge in [0.1, 0.15) is 5.82 Å². The van der Waals surface area contributed by atoms with Gasteiger partial charge in [-0.3, -0.25) is 0 Å². The SMILES string of the molecule is CC[C@@H](O)c1ccc(N2CCOCC2)nc1. The van der Waals surface area contributed by atoms with Crippen LogP contribution in [0.5, 0.6) is 0 Å². The molecular formula is C12H18N2O2. The van der Waals surface area contributed by atoms with E-state index in [4.69, 9.17) is 4.74 Å². The van der Waals surface area contributed by atoms with Crippen LogP contribution in [0, 0.1) is 0 Å². The summed E-state index contributed by atoms with van der Waals surface area (Å²) in [5.41, 5.74) is 0.888. The third-order valence-corrected chi connectivity index (χ3v) is 2.88. The quantitative estimate of drug-likeness (QED) is 0.838. The fourth-order valence-electron chi connectivity index (χ4n) is 1.81. The van der Waals surface area contributed by atoms with Crippen molar-refractivity contribution in [3.63, 3.8) is 0 Å². The van der Waals surface area contributed by atoms with E-state index < -0.39 is 6.10 Å². The van der Waals surface area contributed by atoms with E-state index in [1.165, 1.54) is 0 Å². The van der Waals surface area contributed by atoms with Crippen molar-refractivity contribution in [2.45, 2.75) is 19.4 Å². The Hall–Kier alpha value is -1.13. The van der Waals surface area contributed by atoms with Crippen molar-refractivity contribution in [1.82, 2.24) is 4.98 Å². The monoisotopic (exact) mass is 222 g/mol. The number of rotatable bonds is 3. The van der Waals surface area contributed by atoms with Crippen LogP contribution in [0.25, 0.3) is 0 Å². The second kappa shape index (κ2) is 5.27. The molecule has 16 heavy (non-hydrogen) atoms. The number of aliphatic hydroxyl groups excluding tert-OH is 1. The largest absolute Gasteiger partial charge is 0.388 e. The van der Waals surface area contributed by atoms with Crippen LogP contribution >= 0.6 is 0 Å². The van der Waals surface area contributed by atoms with Crippen LogP contribution in [-0.2, 0) is 4.74 Å². The number of aliphatic hydroxyl groups is 1. The van der Waals surface area contributed by atoms with Gasteiger partial charge in [-0.25, -0.2) is 4.98 Å². The van der Waals surface area contributed by atoms with E-state index in [-0.39, 0.29) is 0 Å². The Balaban J connectivity index is 2.06. The molecule has 4 heteroatoms. The minimum absolute atomic E-state index is 0.397. The Morgan fingerprint density at radius 1 is 1.44 bits per heavy atom. The number of aromatic nitrogens is 1. The molecule has 0 bridgehead atoms. The second-order valence-electron chi connectivity index (χ2n) is 3.97. The third-order valence-electron chi connectivity index (χ3n) is 2.88. The molecule has 0 unspecified atom stereocenters. The third kappa shape index (κ3) is 2.51. The van der Waals surface area contributed by atoms with Crippen LogP contribution in [0.4, 0.5) is 5.82 Å². The standard InChI is InChI=1S/C12H18N2O2/c1-2-11(15)10-3-4-12(13-9-10)14-5-7-16-8-6-14/h3-4,9,11,15H,2,5-8H2,1H3/t11-/m1/s1. The number of anilines is 1. The van der Waals surface area contributed by atoms with Crippen LogP contribution in [0.1, 0.15) is 25.0 Å². The van der Waals surface area contributed by atoms with Gasteiger partial charge < -0.3 is 14.7 Å². The van der Waals surface area contributed by atoms with Crippen LogP contribution in [-0.4, -0.2) is 36.4 Å². The molecule has 2 heterocycles. The molecule has 0 spiro atoms. The van der Waals surface area contributed by atoms with E-state index in [9.17, 15) is 5.11 Å². The Labute approximate surface area is 95.9 Å². The summed E-state index contributed by atoms with van der Waals surface area (Å²) in [4.78, 5) is 6.58. The smallest absolute Gasteiger partial charge is 0.128 e. The molecule has 0 radical (unpaired) electrons. The van der Waals surface area contributed by atoms with E-state index in [1.54, 1.807) is 6.20 Å². The molecule has 4 nitrogen and oxygen atoms in total. The zero-order chi connectivity index (χ0) is 11.4. The molecule has 2 rings (SSSR count). The maximum atomic E-state index is 9.66. The van der Waals surface area contributed by atoms with Crippen LogP contribution in [0.3, 0.4) is 0 Å². The summed E-state index contributed by atoms with van der Waals surface area (Å²) in [5.74, 6) is 0.968. The second-order valence-corrected chi connectivity index (χ2v) is 3.97. The number of ether oxygens (including phenoxy) is 1. The molecule has 0 aliphatic carbocycles. The summed E-state index contributed by atoms with van der Waals surface area (Å²) in [5, 5.41) is 9.66. The normalized spacial score (nSPS) is 18.5. The van der Waals surface area contributed by atoms with Crippen molar-refractivity contribution < 1.29 is 9.84 Å². The average Bonchev–Trinajstić information content (AvgIpc) is 2.39. The minimum atomic E-state index is -0.397. The molecule has 1 atom stereocenters. The maximum absolute atomic E-state index is 9.66. The number of morpholine rings is 1. The predicted molar refractivity (Wildman–Crippen MR) is 62.5 cm³/mol. The molecule has 0 aromatic carbocycles. The highest BCUT2D eigenvalue weighted by atomic mass is 16.5. The number of nitrogens with zero attached hydrogens (tertiary/aromatic N) is 2. The van der Waals surface area contributed by atoms with Gasteiger partial charge in [-0.15, -0.1) is 0 Å². The van der Waals surface area contributed by atoms with E-state index >= 15 is 0 Å². The van der Waals surface area contributed by atoms with Crippen molar-refractivity contribution in [3.05, 3.63) is 23.9 Å². The molecule has 0 amide bonds. The van der Waals surface area contributed by atoms with Gasteiger partial charge in [0.25, 0.3) is 0 Å². The highest BCUT2D eigenvalue weighted by Gasteiger charge is 2.12.